The van der Waals surface area contributed by atoms with Gasteiger partial charge in [0.25, 0.3) is 0 Å². The van der Waals surface area contributed by atoms with Gasteiger partial charge in [0.1, 0.15) is 5.02 Å². The van der Waals surface area contributed by atoms with Gasteiger partial charge in [-0.05, 0) is 6.07 Å². The van der Waals surface area contributed by atoms with Gasteiger partial charge in [0.15, 0.2) is 5.82 Å². The minimum Gasteiger partial charge on any atom is -0.292 e. The fourth-order valence-corrected chi connectivity index (χ4v) is 1.16. The number of hydrogen-bond acceptors (Lipinski definition) is 5. The SMILES string of the molecule is NNc1ncc(Cl)c(-n2cccn2)n1. The smallest absolute Gasteiger partial charge is 0.239 e. The number of rotatable bonds is 2. The van der Waals surface area contributed by atoms with E-state index in [1.807, 2.05) is 0 Å². The molecule has 0 radical (unpaired) electrons. The highest BCUT2D eigenvalue weighted by Gasteiger charge is 2.06. The van der Waals surface area contributed by atoms with Crippen molar-refractivity contribution in [1.29, 1.82) is 0 Å². The Morgan fingerprint density at radius 3 is 3.00 bits per heavy atom. The van der Waals surface area contributed by atoms with Crippen LogP contribution in [0.2, 0.25) is 5.02 Å². The van der Waals surface area contributed by atoms with Crippen LogP contribution in [0.4, 0.5) is 5.95 Å². The summed E-state index contributed by atoms with van der Waals surface area (Å²) in [5.41, 5.74) is 2.33. The van der Waals surface area contributed by atoms with Crippen LogP contribution in [0.5, 0.6) is 0 Å². The second kappa shape index (κ2) is 3.60. The lowest BCUT2D eigenvalue weighted by Crippen LogP contribution is -2.12. The molecule has 2 aromatic heterocycles. The fourth-order valence-electron chi connectivity index (χ4n) is 0.982. The Labute approximate surface area is 84.7 Å². The number of nitrogens with two attached hydrogens (primary N) is 1. The zero-order valence-electron chi connectivity index (χ0n) is 7.05. The van der Waals surface area contributed by atoms with Crippen molar-refractivity contribution in [2.45, 2.75) is 0 Å². The third-order valence-electron chi connectivity index (χ3n) is 1.58. The maximum atomic E-state index is 5.89. The fraction of sp³-hybridized carbons (Fsp3) is 0. The van der Waals surface area contributed by atoms with Crippen LogP contribution in [0.1, 0.15) is 0 Å². The molecule has 0 fully saturated rings. The van der Waals surface area contributed by atoms with Gasteiger partial charge < -0.3 is 0 Å². The van der Waals surface area contributed by atoms with Crippen molar-refractivity contribution in [3.05, 3.63) is 29.7 Å². The second-order valence-corrected chi connectivity index (χ2v) is 2.87. The van der Waals surface area contributed by atoms with Gasteiger partial charge in [-0.3, -0.25) is 5.43 Å². The van der Waals surface area contributed by atoms with Crippen molar-refractivity contribution < 1.29 is 0 Å². The number of nitrogen functional groups attached to an aromatic ring is 1. The molecule has 0 atom stereocenters. The lowest BCUT2D eigenvalue weighted by molar-refractivity contribution is 0.840. The summed E-state index contributed by atoms with van der Waals surface area (Å²) >= 11 is 5.89. The minimum absolute atomic E-state index is 0.292. The van der Waals surface area contributed by atoms with E-state index >= 15 is 0 Å². The molecule has 0 amide bonds. The number of hydrogen-bond donors (Lipinski definition) is 2. The molecule has 2 aromatic rings. The van der Waals surface area contributed by atoms with Crippen molar-refractivity contribution >= 4 is 17.5 Å². The molecule has 2 heterocycles. The summed E-state index contributed by atoms with van der Waals surface area (Å²) in [6.45, 7) is 0. The molecule has 0 unspecified atom stereocenters. The standard InChI is InChI=1S/C7H7ClN6/c8-5-4-10-7(13-9)12-6(5)14-3-1-2-11-14/h1-4H,9H2,(H,10,12,13). The Morgan fingerprint density at radius 2 is 2.36 bits per heavy atom. The van der Waals surface area contributed by atoms with E-state index in [0.29, 0.717) is 16.8 Å². The molecule has 0 spiro atoms. The average Bonchev–Trinajstić information content (AvgIpc) is 2.71. The molecule has 3 N–H and O–H groups in total. The van der Waals surface area contributed by atoms with Crippen LogP contribution >= 0.6 is 11.6 Å². The Morgan fingerprint density at radius 1 is 1.50 bits per heavy atom. The summed E-state index contributed by atoms with van der Waals surface area (Å²) in [6, 6.07) is 1.77. The first-order valence-corrected chi connectivity index (χ1v) is 4.18. The zero-order chi connectivity index (χ0) is 9.97. The molecule has 6 nitrogen and oxygen atoms in total. The average molecular weight is 211 g/mol. The van der Waals surface area contributed by atoms with Gasteiger partial charge in [0.2, 0.25) is 5.95 Å². The summed E-state index contributed by atoms with van der Waals surface area (Å²) in [5.74, 6) is 5.95. The minimum atomic E-state index is 0.292. The summed E-state index contributed by atoms with van der Waals surface area (Å²) < 4.78 is 1.53. The predicted molar refractivity (Wildman–Crippen MR) is 52.0 cm³/mol. The van der Waals surface area contributed by atoms with E-state index in [1.165, 1.54) is 10.9 Å². The molecule has 7 heteroatoms. The Kier molecular flexibility index (Phi) is 2.30. The molecule has 2 rings (SSSR count). The monoisotopic (exact) mass is 210 g/mol. The molecule has 0 bridgehead atoms. The van der Waals surface area contributed by atoms with Crippen LogP contribution < -0.4 is 11.3 Å². The molecule has 14 heavy (non-hydrogen) atoms. The maximum Gasteiger partial charge on any atom is 0.239 e. The maximum absolute atomic E-state index is 5.89. The Bertz CT molecular complexity index is 426. The van der Waals surface area contributed by atoms with E-state index in [4.69, 9.17) is 17.4 Å². The highest BCUT2D eigenvalue weighted by Crippen LogP contribution is 2.16. The Hall–Kier alpha value is -1.66. The van der Waals surface area contributed by atoms with Crippen molar-refractivity contribution in [2.75, 3.05) is 5.43 Å². The van der Waals surface area contributed by atoms with E-state index in [0.717, 1.165) is 0 Å². The first-order valence-electron chi connectivity index (χ1n) is 3.80. The first-order chi connectivity index (χ1) is 6.81. The zero-order valence-corrected chi connectivity index (χ0v) is 7.81. The third kappa shape index (κ3) is 1.52. The van der Waals surface area contributed by atoms with Gasteiger partial charge in [-0.15, -0.1) is 0 Å². The van der Waals surface area contributed by atoms with Gasteiger partial charge in [0, 0.05) is 12.4 Å². The number of anilines is 1. The molecule has 72 valence electrons. The second-order valence-electron chi connectivity index (χ2n) is 2.46. The van der Waals surface area contributed by atoms with Gasteiger partial charge in [0.05, 0.1) is 6.20 Å². The van der Waals surface area contributed by atoms with Crippen LogP contribution in [-0.2, 0) is 0 Å². The molecule has 0 saturated carbocycles. The lowest BCUT2D eigenvalue weighted by Gasteiger charge is -2.04. The normalized spacial score (nSPS) is 10.1. The summed E-state index contributed by atoms with van der Waals surface area (Å²) in [5, 5.41) is 4.41. The molecular weight excluding hydrogens is 204 g/mol. The largest absolute Gasteiger partial charge is 0.292 e. The van der Waals surface area contributed by atoms with Crippen LogP contribution in [0, 0.1) is 0 Å². The summed E-state index contributed by atoms with van der Waals surface area (Å²) in [7, 11) is 0. The quantitative estimate of drug-likeness (QED) is 0.561. The number of aromatic nitrogens is 4. The summed E-state index contributed by atoms with van der Waals surface area (Å²) in [4.78, 5) is 7.90. The number of nitrogens with one attached hydrogen (secondary N) is 1. The molecule has 0 aliphatic carbocycles. The first kappa shape index (κ1) is 8.92. The molecule has 0 aliphatic rings. The number of halogens is 1. The van der Waals surface area contributed by atoms with Gasteiger partial charge in [-0.2, -0.15) is 10.1 Å². The van der Waals surface area contributed by atoms with Gasteiger partial charge in [-0.25, -0.2) is 15.5 Å². The van der Waals surface area contributed by atoms with E-state index in [1.54, 1.807) is 18.5 Å². The van der Waals surface area contributed by atoms with E-state index < -0.39 is 0 Å². The number of nitrogens with zero attached hydrogens (tertiary/aromatic N) is 4. The predicted octanol–water partition coefficient (Wildman–Crippen LogP) is 0.601. The van der Waals surface area contributed by atoms with E-state index in [-0.39, 0.29) is 0 Å². The van der Waals surface area contributed by atoms with Crippen LogP contribution in [-0.4, -0.2) is 19.7 Å². The molecule has 0 aromatic carbocycles. The van der Waals surface area contributed by atoms with E-state index in [9.17, 15) is 0 Å². The van der Waals surface area contributed by atoms with Crippen LogP contribution in [0.3, 0.4) is 0 Å². The van der Waals surface area contributed by atoms with Crippen molar-refractivity contribution in [1.82, 2.24) is 19.7 Å². The molecule has 0 saturated heterocycles. The topological polar surface area (TPSA) is 81.6 Å². The van der Waals surface area contributed by atoms with Crippen molar-refractivity contribution in [3.63, 3.8) is 0 Å². The third-order valence-corrected chi connectivity index (χ3v) is 1.84. The Balaban J connectivity index is 2.51. The van der Waals surface area contributed by atoms with Crippen LogP contribution in [0.25, 0.3) is 5.82 Å². The van der Waals surface area contributed by atoms with Crippen molar-refractivity contribution in [2.24, 2.45) is 5.84 Å². The van der Waals surface area contributed by atoms with E-state index in [2.05, 4.69) is 20.5 Å². The van der Waals surface area contributed by atoms with Gasteiger partial charge >= 0.3 is 0 Å². The lowest BCUT2D eigenvalue weighted by atomic mass is 10.6. The highest BCUT2D eigenvalue weighted by atomic mass is 35.5. The molecule has 0 aliphatic heterocycles. The number of hydrazine groups is 1. The summed E-state index contributed by atoms with van der Waals surface area (Å²) in [6.07, 6.45) is 4.82. The highest BCUT2D eigenvalue weighted by molar-refractivity contribution is 6.32. The van der Waals surface area contributed by atoms with Crippen molar-refractivity contribution in [3.8, 4) is 5.82 Å². The molecular formula is C7H7ClN6. The van der Waals surface area contributed by atoms with Crippen LogP contribution in [0.15, 0.2) is 24.7 Å². The van der Waals surface area contributed by atoms with Gasteiger partial charge in [-0.1, -0.05) is 11.6 Å².